The molecular weight excluding hydrogens is 988 g/mol. The SMILES string of the molecule is CCCCCO[C@@H]1O[C@H](CO[C@H]2O[C@H](CO[C@H]3O[C@H](CO)[C@@H](O)[C@H](O)[C@@H]3O)[C@@H](O)[C@H](O[C@H]3O[C@H](CO)[C@@H](O)[C@H](O)[C@@H]3O)[C@@H]2O)[C@@H](O)[C@H](O[C@H]2O[C@H](CO)[C@@H](O)[C@H](O)[C@@H]2O[C@H]2O[C@H](CO)[C@@H](O)[C@H](O)[C@@H]2O)[C@@H]1O. The zero-order valence-corrected chi connectivity index (χ0v) is 38.8. The van der Waals surface area contributed by atoms with Crippen LogP contribution >= 0.6 is 0 Å². The minimum Gasteiger partial charge on any atom is -0.394 e. The first-order valence-electron chi connectivity index (χ1n) is 23.6. The lowest BCUT2D eigenvalue weighted by atomic mass is 9.96. The van der Waals surface area contributed by atoms with E-state index in [9.17, 15) is 97.0 Å². The minimum atomic E-state index is -2.12. The van der Waals surface area contributed by atoms with Crippen molar-refractivity contribution in [1.82, 2.24) is 0 Å². The number of rotatable bonds is 21. The molecule has 6 aliphatic rings. The molecule has 19 N–H and O–H groups in total. The number of unbranched alkanes of at least 4 members (excludes halogenated alkanes) is 2. The van der Waals surface area contributed by atoms with Crippen LogP contribution in [0.15, 0.2) is 0 Å². The average Bonchev–Trinajstić information content (AvgIpc) is 3.37. The molecule has 0 saturated carbocycles. The van der Waals surface area contributed by atoms with E-state index in [-0.39, 0.29) is 6.61 Å². The lowest BCUT2D eigenvalue weighted by Gasteiger charge is -2.49. The highest BCUT2D eigenvalue weighted by atomic mass is 16.8. The highest BCUT2D eigenvalue weighted by molar-refractivity contribution is 4.99. The van der Waals surface area contributed by atoms with Crippen LogP contribution in [0.4, 0.5) is 0 Å². The summed E-state index contributed by atoms with van der Waals surface area (Å²) in [6.45, 7) is -3.30. The van der Waals surface area contributed by atoms with Gasteiger partial charge in [-0.15, -0.1) is 0 Å². The summed E-state index contributed by atoms with van der Waals surface area (Å²) in [5, 5.41) is 202. The standard InChI is InChI=1S/C41H72O31/c1-2-3-4-5-61-37-31(59)34(71-41-35(27(55)21(49)15(9-45)67-41)72-40-30(58)26(54)20(48)14(8-44)66-40)23(51)16(68-37)11-63-38-32(60)33(70-39-29(57)25(53)19(47)13(7-43)65-39)22(50)17(69-38)10-62-36-28(56)24(52)18(46)12(6-42)64-36/h12-60H,2-11H2,1H3/t12-,13-,14-,15-,16-,17-,18-,19-,20-,21-,22-,23-,24+,25+,26+,27+,28+,29+,30+,31+,32+,33+,34+,35+,36+,37-,38+,39-,40-,41-/m1/s1. The first-order valence-corrected chi connectivity index (χ1v) is 23.6. The zero-order valence-electron chi connectivity index (χ0n) is 38.8. The van der Waals surface area contributed by atoms with E-state index in [2.05, 4.69) is 0 Å². The van der Waals surface area contributed by atoms with Crippen molar-refractivity contribution in [3.8, 4) is 0 Å². The molecule has 0 spiro atoms. The van der Waals surface area contributed by atoms with Crippen molar-refractivity contribution in [1.29, 1.82) is 0 Å². The van der Waals surface area contributed by atoms with E-state index in [0.29, 0.717) is 12.8 Å². The smallest absolute Gasteiger partial charge is 0.187 e. The Balaban J connectivity index is 1.24. The maximum atomic E-state index is 11.8. The molecule has 0 unspecified atom stereocenters. The van der Waals surface area contributed by atoms with Gasteiger partial charge in [-0.3, -0.25) is 0 Å². The van der Waals surface area contributed by atoms with Gasteiger partial charge in [0, 0.05) is 6.61 Å². The molecule has 6 fully saturated rings. The predicted molar refractivity (Wildman–Crippen MR) is 222 cm³/mol. The Bertz CT molecular complexity index is 1590. The second kappa shape index (κ2) is 26.9. The molecule has 72 heavy (non-hydrogen) atoms. The van der Waals surface area contributed by atoms with Crippen LogP contribution in [-0.2, 0) is 56.8 Å². The molecular formula is C41H72O31. The molecule has 31 heteroatoms. The van der Waals surface area contributed by atoms with Gasteiger partial charge in [0.05, 0.1) is 39.6 Å². The monoisotopic (exact) mass is 1060 g/mol. The van der Waals surface area contributed by atoms with E-state index < -0.39 is 224 Å². The minimum absolute atomic E-state index is 0.0261. The molecule has 422 valence electrons. The van der Waals surface area contributed by atoms with Crippen LogP contribution in [0.25, 0.3) is 0 Å². The van der Waals surface area contributed by atoms with E-state index >= 15 is 0 Å². The quantitative estimate of drug-likeness (QED) is 0.0475. The molecule has 6 rings (SSSR count). The molecule has 0 aromatic rings. The molecule has 6 aliphatic heterocycles. The van der Waals surface area contributed by atoms with Crippen LogP contribution in [0.1, 0.15) is 26.2 Å². The van der Waals surface area contributed by atoms with E-state index in [1.165, 1.54) is 0 Å². The van der Waals surface area contributed by atoms with Crippen LogP contribution in [0.5, 0.6) is 0 Å². The third-order valence-corrected chi connectivity index (χ3v) is 13.4. The van der Waals surface area contributed by atoms with E-state index in [1.807, 2.05) is 6.92 Å². The number of hydrogen-bond acceptors (Lipinski definition) is 31. The maximum absolute atomic E-state index is 11.8. The molecule has 30 atom stereocenters. The van der Waals surface area contributed by atoms with Crippen molar-refractivity contribution in [3.63, 3.8) is 0 Å². The van der Waals surface area contributed by atoms with Gasteiger partial charge in [0.15, 0.2) is 37.7 Å². The third-order valence-electron chi connectivity index (χ3n) is 13.4. The van der Waals surface area contributed by atoms with Gasteiger partial charge in [0.25, 0.3) is 0 Å². The van der Waals surface area contributed by atoms with Crippen LogP contribution in [0, 0.1) is 0 Å². The average molecular weight is 1060 g/mol. The second-order valence-electron chi connectivity index (χ2n) is 18.4. The maximum Gasteiger partial charge on any atom is 0.187 e. The first kappa shape index (κ1) is 60.0. The summed E-state index contributed by atoms with van der Waals surface area (Å²) in [4.78, 5) is 0. The van der Waals surface area contributed by atoms with Gasteiger partial charge in [-0.05, 0) is 6.42 Å². The van der Waals surface area contributed by atoms with Crippen LogP contribution in [0.3, 0.4) is 0 Å². The fraction of sp³-hybridized carbons (Fsp3) is 1.00. The van der Waals surface area contributed by atoms with Crippen molar-refractivity contribution < 1.29 is 154 Å². The van der Waals surface area contributed by atoms with Gasteiger partial charge in [0.1, 0.15) is 146 Å². The Morgan fingerprint density at radius 3 is 1.03 bits per heavy atom. The molecule has 0 radical (unpaired) electrons. The number of aliphatic hydroxyl groups is 19. The van der Waals surface area contributed by atoms with Crippen LogP contribution in [-0.4, -0.2) is 328 Å². The van der Waals surface area contributed by atoms with E-state index in [0.717, 1.165) is 6.42 Å². The highest BCUT2D eigenvalue weighted by Crippen LogP contribution is 2.36. The third kappa shape index (κ3) is 13.2. The summed E-state index contributed by atoms with van der Waals surface area (Å²) in [5.41, 5.74) is 0. The van der Waals surface area contributed by atoms with Crippen LogP contribution in [0.2, 0.25) is 0 Å². The summed E-state index contributed by atoms with van der Waals surface area (Å²) < 4.78 is 68.5. The van der Waals surface area contributed by atoms with E-state index in [4.69, 9.17) is 56.8 Å². The van der Waals surface area contributed by atoms with Crippen LogP contribution < -0.4 is 0 Å². The highest BCUT2D eigenvalue weighted by Gasteiger charge is 2.56. The Kier molecular flexibility index (Phi) is 22.4. The zero-order chi connectivity index (χ0) is 52.9. The van der Waals surface area contributed by atoms with Gasteiger partial charge < -0.3 is 154 Å². The Morgan fingerprint density at radius 2 is 0.611 bits per heavy atom. The Hall–Kier alpha value is -1.24. The summed E-state index contributed by atoms with van der Waals surface area (Å²) in [5.74, 6) is 0. The normalized spacial score (nSPS) is 50.5. The molecule has 0 aromatic carbocycles. The van der Waals surface area contributed by atoms with Crippen molar-refractivity contribution in [2.75, 3.05) is 46.2 Å². The first-order chi connectivity index (χ1) is 34.2. The molecule has 0 amide bonds. The molecule has 0 aromatic heterocycles. The molecule has 0 bridgehead atoms. The summed E-state index contributed by atoms with van der Waals surface area (Å²) in [6.07, 6.45) is -54.0. The summed E-state index contributed by atoms with van der Waals surface area (Å²) >= 11 is 0. The van der Waals surface area contributed by atoms with E-state index in [1.54, 1.807) is 0 Å². The van der Waals surface area contributed by atoms with Crippen molar-refractivity contribution in [2.45, 2.75) is 210 Å². The van der Waals surface area contributed by atoms with Gasteiger partial charge in [0.2, 0.25) is 0 Å². The summed E-state index contributed by atoms with van der Waals surface area (Å²) in [7, 11) is 0. The number of hydrogen-bond donors (Lipinski definition) is 19. The van der Waals surface area contributed by atoms with Gasteiger partial charge in [-0.25, -0.2) is 0 Å². The van der Waals surface area contributed by atoms with Gasteiger partial charge in [-0.2, -0.15) is 0 Å². The molecule has 6 heterocycles. The lowest BCUT2D eigenvalue weighted by molar-refractivity contribution is -0.392. The Morgan fingerprint density at radius 1 is 0.292 bits per heavy atom. The molecule has 6 saturated heterocycles. The topological polar surface area (TPSA) is 495 Å². The molecule has 31 nitrogen and oxygen atoms in total. The van der Waals surface area contributed by atoms with Crippen molar-refractivity contribution in [2.24, 2.45) is 0 Å². The lowest BCUT2D eigenvalue weighted by Crippen LogP contribution is -2.67. The predicted octanol–water partition coefficient (Wildman–Crippen LogP) is -11.9. The fourth-order valence-corrected chi connectivity index (χ4v) is 8.95. The number of aliphatic hydroxyl groups excluding tert-OH is 19. The molecule has 0 aliphatic carbocycles. The van der Waals surface area contributed by atoms with Gasteiger partial charge >= 0.3 is 0 Å². The van der Waals surface area contributed by atoms with Crippen molar-refractivity contribution >= 4 is 0 Å². The Labute approximate surface area is 410 Å². The largest absolute Gasteiger partial charge is 0.394 e. The van der Waals surface area contributed by atoms with Crippen molar-refractivity contribution in [3.05, 3.63) is 0 Å². The second-order valence-corrected chi connectivity index (χ2v) is 18.4. The van der Waals surface area contributed by atoms with Gasteiger partial charge in [-0.1, -0.05) is 19.8 Å². The number of ether oxygens (including phenoxy) is 12. The summed E-state index contributed by atoms with van der Waals surface area (Å²) in [6, 6.07) is 0. The fourth-order valence-electron chi connectivity index (χ4n) is 8.95.